The number of carbonyl (C=O) groups excluding carboxylic acids is 1. The third-order valence-electron chi connectivity index (χ3n) is 3.63. The fourth-order valence-corrected chi connectivity index (χ4v) is 2.38. The van der Waals surface area contributed by atoms with Crippen LogP contribution >= 0.6 is 0 Å². The molecule has 0 aromatic heterocycles. The maximum atomic E-state index is 11.9. The molecule has 1 heterocycles. The van der Waals surface area contributed by atoms with Crippen molar-refractivity contribution in [2.75, 3.05) is 20.2 Å². The van der Waals surface area contributed by atoms with Crippen molar-refractivity contribution in [2.45, 2.75) is 52.4 Å². The topological polar surface area (TPSA) is 59.0 Å². The molecule has 2 atom stereocenters. The van der Waals surface area contributed by atoms with Crippen LogP contribution < -0.4 is 0 Å². The van der Waals surface area contributed by atoms with Crippen LogP contribution in [-0.4, -0.2) is 48.2 Å². The number of methoxy groups -OCH3 is 1. The second-order valence-electron chi connectivity index (χ2n) is 6.29. The molecule has 0 aromatic rings. The predicted octanol–water partition coefficient (Wildman–Crippen LogP) is 2.23. The second-order valence-corrected chi connectivity index (χ2v) is 6.29. The summed E-state index contributed by atoms with van der Waals surface area (Å²) in [5.74, 6) is 0.472. The molecule has 0 aromatic carbocycles. The molecule has 0 spiro atoms. The van der Waals surface area contributed by atoms with Crippen molar-refractivity contribution in [1.29, 1.82) is 0 Å². The molecule has 5 heteroatoms. The minimum Gasteiger partial charge on any atom is -0.444 e. The van der Waals surface area contributed by atoms with Crippen molar-refractivity contribution < 1.29 is 19.4 Å². The highest BCUT2D eigenvalue weighted by Crippen LogP contribution is 2.28. The number of aliphatic hydroxyl groups is 1. The highest BCUT2D eigenvalue weighted by Gasteiger charge is 2.31. The van der Waals surface area contributed by atoms with Crippen LogP contribution in [0.5, 0.6) is 0 Å². The predicted molar refractivity (Wildman–Crippen MR) is 72.7 cm³/mol. The molecule has 0 aliphatic carbocycles. The number of ether oxygens (including phenoxy) is 2. The molecule has 0 bridgehead atoms. The van der Waals surface area contributed by atoms with Crippen molar-refractivity contribution in [1.82, 2.24) is 4.90 Å². The Morgan fingerprint density at radius 3 is 2.26 bits per heavy atom. The molecular formula is C14H27NO4. The van der Waals surface area contributed by atoms with Crippen molar-refractivity contribution in [3.8, 4) is 0 Å². The van der Waals surface area contributed by atoms with Crippen molar-refractivity contribution >= 4 is 6.09 Å². The Kier molecular flexibility index (Phi) is 5.62. The number of carbonyl (C=O) groups is 1. The lowest BCUT2D eigenvalue weighted by Crippen LogP contribution is -2.43. The van der Waals surface area contributed by atoms with Gasteiger partial charge in [0.2, 0.25) is 0 Å². The maximum absolute atomic E-state index is 11.9. The number of aliphatic hydroxyl groups excluding tert-OH is 1. The van der Waals surface area contributed by atoms with Gasteiger partial charge < -0.3 is 19.5 Å². The molecule has 0 radical (unpaired) electrons. The van der Waals surface area contributed by atoms with Crippen LogP contribution in [0.4, 0.5) is 4.79 Å². The summed E-state index contributed by atoms with van der Waals surface area (Å²) in [6, 6.07) is 0. The molecule has 1 rings (SSSR count). The van der Waals surface area contributed by atoms with Gasteiger partial charge in [0, 0.05) is 26.1 Å². The van der Waals surface area contributed by atoms with Gasteiger partial charge in [0.15, 0.2) is 6.29 Å². The first-order valence-corrected chi connectivity index (χ1v) is 6.93. The van der Waals surface area contributed by atoms with E-state index in [9.17, 15) is 9.90 Å². The van der Waals surface area contributed by atoms with Crippen molar-refractivity contribution in [3.05, 3.63) is 0 Å². The molecular weight excluding hydrogens is 246 g/mol. The van der Waals surface area contributed by atoms with Crippen LogP contribution in [0.15, 0.2) is 0 Å². The van der Waals surface area contributed by atoms with E-state index in [0.29, 0.717) is 19.0 Å². The van der Waals surface area contributed by atoms with E-state index < -0.39 is 11.9 Å². The minimum atomic E-state index is -0.724. The first-order valence-electron chi connectivity index (χ1n) is 6.93. The summed E-state index contributed by atoms with van der Waals surface area (Å²) >= 11 is 0. The molecule has 1 N–H and O–H groups in total. The van der Waals surface area contributed by atoms with Gasteiger partial charge in [-0.25, -0.2) is 4.79 Å². The van der Waals surface area contributed by atoms with Gasteiger partial charge in [-0.05, 0) is 39.5 Å². The van der Waals surface area contributed by atoms with Gasteiger partial charge in [-0.3, -0.25) is 0 Å². The number of piperidine rings is 1. The van der Waals surface area contributed by atoms with E-state index in [1.165, 1.54) is 7.11 Å². The summed E-state index contributed by atoms with van der Waals surface area (Å²) < 4.78 is 10.3. The van der Waals surface area contributed by atoms with E-state index in [1.807, 2.05) is 27.7 Å². The van der Waals surface area contributed by atoms with Crippen LogP contribution in [0.25, 0.3) is 0 Å². The molecule has 5 nitrogen and oxygen atoms in total. The smallest absolute Gasteiger partial charge is 0.410 e. The summed E-state index contributed by atoms with van der Waals surface area (Å²) in [4.78, 5) is 13.7. The average molecular weight is 273 g/mol. The van der Waals surface area contributed by atoms with E-state index in [1.54, 1.807) is 4.90 Å². The zero-order valence-corrected chi connectivity index (χ0v) is 12.7. The van der Waals surface area contributed by atoms with Crippen molar-refractivity contribution in [2.24, 2.45) is 11.8 Å². The molecule has 1 fully saturated rings. The van der Waals surface area contributed by atoms with Gasteiger partial charge in [-0.15, -0.1) is 0 Å². The number of hydrogen-bond donors (Lipinski definition) is 1. The lowest BCUT2D eigenvalue weighted by atomic mass is 9.85. The van der Waals surface area contributed by atoms with E-state index in [2.05, 4.69) is 0 Å². The van der Waals surface area contributed by atoms with Crippen molar-refractivity contribution in [3.63, 3.8) is 0 Å². The quantitative estimate of drug-likeness (QED) is 0.801. The van der Waals surface area contributed by atoms with Gasteiger partial charge in [-0.1, -0.05) is 6.92 Å². The summed E-state index contributed by atoms with van der Waals surface area (Å²) in [7, 11) is 1.51. The first-order chi connectivity index (χ1) is 8.74. The Morgan fingerprint density at radius 2 is 1.84 bits per heavy atom. The Morgan fingerprint density at radius 1 is 1.32 bits per heavy atom. The maximum Gasteiger partial charge on any atom is 0.410 e. The standard InChI is InChI=1S/C14H27NO4/c1-10(12(16)18-5)11-6-8-15(9-7-11)13(17)19-14(2,3)4/h10-12,16H,6-9H2,1-5H3. The molecule has 2 unspecified atom stereocenters. The average Bonchev–Trinajstić information content (AvgIpc) is 2.35. The summed E-state index contributed by atoms with van der Waals surface area (Å²) in [6.45, 7) is 8.96. The van der Waals surface area contributed by atoms with E-state index in [-0.39, 0.29) is 12.0 Å². The Balaban J connectivity index is 2.42. The zero-order chi connectivity index (χ0) is 14.6. The van der Waals surface area contributed by atoms with Crippen LogP contribution in [0, 0.1) is 11.8 Å². The van der Waals surface area contributed by atoms with Crippen LogP contribution in [0.2, 0.25) is 0 Å². The number of hydrogen-bond acceptors (Lipinski definition) is 4. The highest BCUT2D eigenvalue weighted by molar-refractivity contribution is 5.68. The van der Waals surface area contributed by atoms with E-state index >= 15 is 0 Å². The number of amides is 1. The van der Waals surface area contributed by atoms with Gasteiger partial charge in [0.1, 0.15) is 5.60 Å². The molecule has 1 amide bonds. The molecule has 19 heavy (non-hydrogen) atoms. The molecule has 112 valence electrons. The highest BCUT2D eigenvalue weighted by atomic mass is 16.6. The van der Waals surface area contributed by atoms with Gasteiger partial charge >= 0.3 is 6.09 Å². The van der Waals surface area contributed by atoms with Crippen LogP contribution in [0.1, 0.15) is 40.5 Å². The molecule has 1 saturated heterocycles. The second kappa shape index (κ2) is 6.57. The fourth-order valence-electron chi connectivity index (χ4n) is 2.38. The van der Waals surface area contributed by atoms with Crippen LogP contribution in [-0.2, 0) is 9.47 Å². The Labute approximate surface area is 115 Å². The third kappa shape index (κ3) is 4.99. The molecule has 1 aliphatic heterocycles. The largest absolute Gasteiger partial charge is 0.444 e. The number of nitrogens with zero attached hydrogens (tertiary/aromatic N) is 1. The minimum absolute atomic E-state index is 0.0887. The Bertz CT molecular complexity index is 292. The zero-order valence-electron chi connectivity index (χ0n) is 12.7. The molecule has 1 aliphatic rings. The summed E-state index contributed by atoms with van der Waals surface area (Å²) in [5, 5.41) is 9.68. The summed E-state index contributed by atoms with van der Waals surface area (Å²) in [6.07, 6.45) is 0.783. The first kappa shape index (κ1) is 16.2. The van der Waals surface area contributed by atoms with E-state index in [0.717, 1.165) is 12.8 Å². The van der Waals surface area contributed by atoms with Gasteiger partial charge in [0.05, 0.1) is 0 Å². The lowest BCUT2D eigenvalue weighted by Gasteiger charge is -2.36. The monoisotopic (exact) mass is 273 g/mol. The Hall–Kier alpha value is -0.810. The molecule has 0 saturated carbocycles. The third-order valence-corrected chi connectivity index (χ3v) is 3.63. The van der Waals surface area contributed by atoms with Gasteiger partial charge in [-0.2, -0.15) is 0 Å². The fraction of sp³-hybridized carbons (Fsp3) is 0.929. The van der Waals surface area contributed by atoms with Crippen LogP contribution in [0.3, 0.4) is 0 Å². The van der Waals surface area contributed by atoms with Gasteiger partial charge in [0.25, 0.3) is 0 Å². The SMILES string of the molecule is COC(O)C(C)C1CCN(C(=O)OC(C)(C)C)CC1. The number of likely N-dealkylation sites (tertiary alicyclic amines) is 1. The normalized spacial score (nSPS) is 21.1. The summed E-state index contributed by atoms with van der Waals surface area (Å²) in [5.41, 5.74) is -0.451. The lowest BCUT2D eigenvalue weighted by molar-refractivity contribution is -0.126. The number of rotatable bonds is 3. The van der Waals surface area contributed by atoms with E-state index in [4.69, 9.17) is 9.47 Å².